The van der Waals surface area contributed by atoms with E-state index in [9.17, 15) is 9.59 Å². The number of hydrogen-bond donors (Lipinski definition) is 1. The van der Waals surface area contributed by atoms with Gasteiger partial charge in [-0.1, -0.05) is 48.5 Å². The molecule has 0 aromatic heterocycles. The van der Waals surface area contributed by atoms with E-state index in [-0.39, 0.29) is 11.7 Å². The molecular formula is C16H15NO2. The van der Waals surface area contributed by atoms with E-state index in [1.807, 2.05) is 25.1 Å². The Labute approximate surface area is 112 Å². The fourth-order valence-corrected chi connectivity index (χ4v) is 1.88. The highest BCUT2D eigenvalue weighted by Crippen LogP contribution is 2.14. The van der Waals surface area contributed by atoms with Gasteiger partial charge in [-0.25, -0.2) is 0 Å². The van der Waals surface area contributed by atoms with Gasteiger partial charge in [0.2, 0.25) is 0 Å². The molecule has 0 fully saturated rings. The summed E-state index contributed by atoms with van der Waals surface area (Å²) in [5.41, 5.74) is 1.43. The molecule has 3 nitrogen and oxygen atoms in total. The van der Waals surface area contributed by atoms with Crippen molar-refractivity contribution in [2.24, 2.45) is 0 Å². The third kappa shape index (κ3) is 2.88. The Bertz CT molecular complexity index is 591. The number of rotatable bonds is 4. The molecule has 0 saturated heterocycles. The molecule has 2 aromatic rings. The molecule has 0 heterocycles. The predicted molar refractivity (Wildman–Crippen MR) is 74.3 cm³/mol. The molecule has 0 bridgehead atoms. The maximum atomic E-state index is 12.4. The van der Waals surface area contributed by atoms with E-state index < -0.39 is 0 Å². The van der Waals surface area contributed by atoms with Crippen LogP contribution in [0.4, 0.5) is 0 Å². The maximum absolute atomic E-state index is 12.4. The van der Waals surface area contributed by atoms with Crippen LogP contribution in [0, 0.1) is 0 Å². The second-order valence-electron chi connectivity index (χ2n) is 4.10. The molecule has 0 aliphatic carbocycles. The van der Waals surface area contributed by atoms with Crippen molar-refractivity contribution in [3.05, 3.63) is 71.3 Å². The minimum Gasteiger partial charge on any atom is -0.352 e. The maximum Gasteiger partial charge on any atom is 0.252 e. The molecule has 0 spiro atoms. The third-order valence-corrected chi connectivity index (χ3v) is 2.79. The predicted octanol–water partition coefficient (Wildman–Crippen LogP) is 2.67. The van der Waals surface area contributed by atoms with Crippen LogP contribution in [0.25, 0.3) is 0 Å². The Balaban J connectivity index is 2.40. The van der Waals surface area contributed by atoms with Gasteiger partial charge in [-0.15, -0.1) is 0 Å². The molecule has 0 unspecified atom stereocenters. The summed E-state index contributed by atoms with van der Waals surface area (Å²) in [5, 5.41) is 2.72. The lowest BCUT2D eigenvalue weighted by atomic mass is 9.98. The van der Waals surface area contributed by atoms with Crippen molar-refractivity contribution in [3.8, 4) is 0 Å². The van der Waals surface area contributed by atoms with Crippen LogP contribution in [0.5, 0.6) is 0 Å². The molecule has 2 aromatic carbocycles. The Morgan fingerprint density at radius 3 is 2.11 bits per heavy atom. The standard InChI is InChI=1S/C16H15NO2/c1-2-17-16(19)14-11-7-6-10-13(14)15(18)12-8-4-3-5-9-12/h3-11H,2H2,1H3,(H,17,19). The van der Waals surface area contributed by atoms with E-state index in [0.717, 1.165) is 0 Å². The molecule has 0 atom stereocenters. The monoisotopic (exact) mass is 253 g/mol. The first-order valence-corrected chi connectivity index (χ1v) is 6.21. The lowest BCUT2D eigenvalue weighted by Crippen LogP contribution is -2.25. The normalized spacial score (nSPS) is 9.95. The van der Waals surface area contributed by atoms with Crippen molar-refractivity contribution in [1.29, 1.82) is 0 Å². The van der Waals surface area contributed by atoms with Gasteiger partial charge in [0.15, 0.2) is 5.78 Å². The van der Waals surface area contributed by atoms with E-state index in [0.29, 0.717) is 23.2 Å². The largest absolute Gasteiger partial charge is 0.352 e. The van der Waals surface area contributed by atoms with Crippen molar-refractivity contribution < 1.29 is 9.59 Å². The van der Waals surface area contributed by atoms with E-state index in [1.54, 1.807) is 36.4 Å². The molecule has 0 radical (unpaired) electrons. The number of ketones is 1. The summed E-state index contributed by atoms with van der Waals surface area (Å²) < 4.78 is 0. The molecule has 19 heavy (non-hydrogen) atoms. The van der Waals surface area contributed by atoms with Crippen LogP contribution >= 0.6 is 0 Å². The fourth-order valence-electron chi connectivity index (χ4n) is 1.88. The van der Waals surface area contributed by atoms with Crippen LogP contribution in [0.2, 0.25) is 0 Å². The van der Waals surface area contributed by atoms with Gasteiger partial charge in [0.1, 0.15) is 0 Å². The Morgan fingerprint density at radius 2 is 1.47 bits per heavy atom. The number of benzene rings is 2. The highest BCUT2D eigenvalue weighted by atomic mass is 16.2. The first kappa shape index (κ1) is 13.0. The summed E-state index contributed by atoms with van der Waals surface area (Å²) in [5.74, 6) is -0.357. The highest BCUT2D eigenvalue weighted by molar-refractivity contribution is 6.15. The summed E-state index contributed by atoms with van der Waals surface area (Å²) in [4.78, 5) is 24.3. The number of carbonyl (C=O) groups excluding carboxylic acids is 2. The van der Waals surface area contributed by atoms with Gasteiger partial charge in [0.25, 0.3) is 5.91 Å². The molecule has 0 aliphatic heterocycles. The van der Waals surface area contributed by atoms with Gasteiger partial charge in [-0.05, 0) is 13.0 Å². The SMILES string of the molecule is CCNC(=O)c1ccccc1C(=O)c1ccccc1. The number of carbonyl (C=O) groups is 2. The van der Waals surface area contributed by atoms with Crippen molar-refractivity contribution >= 4 is 11.7 Å². The van der Waals surface area contributed by atoms with E-state index in [4.69, 9.17) is 0 Å². The summed E-state index contributed by atoms with van der Waals surface area (Å²) in [6.07, 6.45) is 0. The van der Waals surface area contributed by atoms with E-state index in [1.165, 1.54) is 0 Å². The molecule has 96 valence electrons. The molecule has 0 saturated carbocycles. The third-order valence-electron chi connectivity index (χ3n) is 2.79. The van der Waals surface area contributed by atoms with Crippen LogP contribution in [-0.2, 0) is 0 Å². The van der Waals surface area contributed by atoms with Crippen LogP contribution in [0.1, 0.15) is 33.2 Å². The van der Waals surface area contributed by atoms with E-state index >= 15 is 0 Å². The van der Waals surface area contributed by atoms with Gasteiger partial charge < -0.3 is 5.32 Å². The van der Waals surface area contributed by atoms with Crippen molar-refractivity contribution in [2.45, 2.75) is 6.92 Å². The van der Waals surface area contributed by atoms with Gasteiger partial charge in [-0.3, -0.25) is 9.59 Å². The van der Waals surface area contributed by atoms with Crippen LogP contribution < -0.4 is 5.32 Å². The summed E-state index contributed by atoms with van der Waals surface area (Å²) in [6, 6.07) is 15.8. The average Bonchev–Trinajstić information content (AvgIpc) is 2.47. The first-order valence-electron chi connectivity index (χ1n) is 6.21. The van der Waals surface area contributed by atoms with Crippen molar-refractivity contribution in [3.63, 3.8) is 0 Å². The fraction of sp³-hybridized carbons (Fsp3) is 0.125. The first-order chi connectivity index (χ1) is 9.24. The number of nitrogens with one attached hydrogen (secondary N) is 1. The smallest absolute Gasteiger partial charge is 0.252 e. The number of amides is 1. The summed E-state index contributed by atoms with van der Waals surface area (Å²) >= 11 is 0. The zero-order valence-corrected chi connectivity index (χ0v) is 10.7. The molecule has 2 rings (SSSR count). The van der Waals surface area contributed by atoms with Crippen LogP contribution in [0.15, 0.2) is 54.6 Å². The minimum atomic E-state index is -0.220. The Hall–Kier alpha value is -2.42. The van der Waals surface area contributed by atoms with Gasteiger partial charge in [-0.2, -0.15) is 0 Å². The molecule has 3 heteroatoms. The highest BCUT2D eigenvalue weighted by Gasteiger charge is 2.16. The lowest BCUT2D eigenvalue weighted by molar-refractivity contribution is 0.0944. The quantitative estimate of drug-likeness (QED) is 0.851. The van der Waals surface area contributed by atoms with Gasteiger partial charge in [0.05, 0.1) is 5.56 Å². The van der Waals surface area contributed by atoms with Crippen molar-refractivity contribution in [1.82, 2.24) is 5.32 Å². The second kappa shape index (κ2) is 5.96. The van der Waals surface area contributed by atoms with Gasteiger partial charge >= 0.3 is 0 Å². The van der Waals surface area contributed by atoms with Gasteiger partial charge in [0, 0.05) is 17.7 Å². The Kier molecular flexibility index (Phi) is 4.08. The summed E-state index contributed by atoms with van der Waals surface area (Å²) in [7, 11) is 0. The zero-order chi connectivity index (χ0) is 13.7. The summed E-state index contributed by atoms with van der Waals surface area (Å²) in [6.45, 7) is 2.38. The molecular weight excluding hydrogens is 238 g/mol. The van der Waals surface area contributed by atoms with E-state index in [2.05, 4.69) is 5.32 Å². The van der Waals surface area contributed by atoms with Crippen molar-refractivity contribution in [2.75, 3.05) is 6.54 Å². The zero-order valence-electron chi connectivity index (χ0n) is 10.7. The number of hydrogen-bond acceptors (Lipinski definition) is 2. The lowest BCUT2D eigenvalue weighted by Gasteiger charge is -2.08. The van der Waals surface area contributed by atoms with Crippen LogP contribution in [-0.4, -0.2) is 18.2 Å². The van der Waals surface area contributed by atoms with Crippen LogP contribution in [0.3, 0.4) is 0 Å². The minimum absolute atomic E-state index is 0.137. The molecule has 0 aliphatic rings. The Morgan fingerprint density at radius 1 is 0.895 bits per heavy atom. The average molecular weight is 253 g/mol. The molecule has 1 amide bonds. The molecule has 1 N–H and O–H groups in total. The topological polar surface area (TPSA) is 46.2 Å². The second-order valence-corrected chi connectivity index (χ2v) is 4.10.